The lowest BCUT2D eigenvalue weighted by molar-refractivity contribution is -0.121. The number of hydrogen-bond donors (Lipinski definition) is 1. The molecular weight excluding hydrogens is 254 g/mol. The van der Waals surface area contributed by atoms with Gasteiger partial charge in [0.05, 0.1) is 17.3 Å². The molecule has 0 saturated heterocycles. The molecule has 1 atom stereocenters. The SMILES string of the molecule is CCn1nc(CC(NC)C(OC)OC)c2ccccc21. The van der Waals surface area contributed by atoms with Gasteiger partial charge >= 0.3 is 0 Å². The maximum atomic E-state index is 5.35. The van der Waals surface area contributed by atoms with Gasteiger partial charge in [-0.3, -0.25) is 4.68 Å². The minimum Gasteiger partial charge on any atom is -0.354 e. The van der Waals surface area contributed by atoms with Gasteiger partial charge in [-0.25, -0.2) is 0 Å². The lowest BCUT2D eigenvalue weighted by Gasteiger charge is -2.23. The highest BCUT2D eigenvalue weighted by molar-refractivity contribution is 5.82. The predicted molar refractivity (Wildman–Crippen MR) is 79.8 cm³/mol. The number of ether oxygens (including phenoxy) is 2. The van der Waals surface area contributed by atoms with Crippen LogP contribution in [0.2, 0.25) is 0 Å². The summed E-state index contributed by atoms with van der Waals surface area (Å²) in [4.78, 5) is 0. The van der Waals surface area contributed by atoms with E-state index >= 15 is 0 Å². The largest absolute Gasteiger partial charge is 0.354 e. The second-order valence-corrected chi connectivity index (χ2v) is 4.72. The Kier molecular flexibility index (Phi) is 5.11. The standard InChI is InChI=1S/C15H23N3O2/c1-5-18-14-9-7-6-8-11(14)12(17-18)10-13(16-2)15(19-3)20-4/h6-9,13,15-16H,5,10H2,1-4H3. The van der Waals surface area contributed by atoms with Crippen LogP contribution in [0.1, 0.15) is 12.6 Å². The first-order valence-electron chi connectivity index (χ1n) is 6.92. The molecule has 0 radical (unpaired) electrons. The molecule has 5 heteroatoms. The molecule has 0 saturated carbocycles. The number of hydrogen-bond acceptors (Lipinski definition) is 4. The number of rotatable bonds is 7. The van der Waals surface area contributed by atoms with E-state index in [0.717, 1.165) is 18.7 Å². The first kappa shape index (κ1) is 15.0. The maximum Gasteiger partial charge on any atom is 0.172 e. The third-order valence-corrected chi connectivity index (χ3v) is 3.61. The minimum absolute atomic E-state index is 0.0635. The lowest BCUT2D eigenvalue weighted by Crippen LogP contribution is -2.41. The van der Waals surface area contributed by atoms with E-state index in [-0.39, 0.29) is 12.3 Å². The summed E-state index contributed by atoms with van der Waals surface area (Å²) >= 11 is 0. The molecule has 0 spiro atoms. The van der Waals surface area contributed by atoms with Crippen LogP contribution >= 0.6 is 0 Å². The molecule has 5 nitrogen and oxygen atoms in total. The van der Waals surface area contributed by atoms with E-state index in [4.69, 9.17) is 14.6 Å². The van der Waals surface area contributed by atoms with Crippen molar-refractivity contribution in [2.75, 3.05) is 21.3 Å². The molecule has 1 aromatic carbocycles. The summed E-state index contributed by atoms with van der Waals surface area (Å²) < 4.78 is 12.7. The van der Waals surface area contributed by atoms with Gasteiger partial charge in [0.15, 0.2) is 6.29 Å². The molecule has 0 amide bonds. The fourth-order valence-corrected chi connectivity index (χ4v) is 2.56. The summed E-state index contributed by atoms with van der Waals surface area (Å²) in [7, 11) is 5.22. The van der Waals surface area contributed by atoms with Gasteiger partial charge in [0.25, 0.3) is 0 Å². The van der Waals surface area contributed by atoms with Crippen LogP contribution in [-0.4, -0.2) is 43.4 Å². The van der Waals surface area contributed by atoms with E-state index in [2.05, 4.69) is 24.4 Å². The predicted octanol–water partition coefficient (Wildman–Crippen LogP) is 1.81. The van der Waals surface area contributed by atoms with Gasteiger partial charge in [-0.05, 0) is 20.0 Å². The van der Waals surface area contributed by atoms with E-state index in [1.807, 2.05) is 23.9 Å². The van der Waals surface area contributed by atoms with Gasteiger partial charge in [-0.15, -0.1) is 0 Å². The van der Waals surface area contributed by atoms with Crippen LogP contribution in [0, 0.1) is 0 Å². The van der Waals surface area contributed by atoms with E-state index in [0.29, 0.717) is 0 Å². The summed E-state index contributed by atoms with van der Waals surface area (Å²) in [6.45, 7) is 2.97. The third-order valence-electron chi connectivity index (χ3n) is 3.61. The van der Waals surface area contributed by atoms with E-state index < -0.39 is 0 Å². The van der Waals surface area contributed by atoms with Crippen molar-refractivity contribution in [2.45, 2.75) is 32.2 Å². The highest BCUT2D eigenvalue weighted by Crippen LogP contribution is 2.20. The molecule has 1 aromatic heterocycles. The van der Waals surface area contributed by atoms with Crippen molar-refractivity contribution in [3.8, 4) is 0 Å². The Labute approximate surface area is 119 Å². The zero-order chi connectivity index (χ0) is 14.5. The number of nitrogens with zero attached hydrogens (tertiary/aromatic N) is 2. The number of likely N-dealkylation sites (N-methyl/N-ethyl adjacent to an activating group) is 1. The Bertz CT molecular complexity index is 549. The van der Waals surface area contributed by atoms with Gasteiger partial charge in [0, 0.05) is 32.6 Å². The van der Waals surface area contributed by atoms with Crippen LogP contribution in [0.3, 0.4) is 0 Å². The van der Waals surface area contributed by atoms with Crippen molar-refractivity contribution in [3.63, 3.8) is 0 Å². The Balaban J connectivity index is 2.33. The van der Waals surface area contributed by atoms with Gasteiger partial charge in [-0.2, -0.15) is 5.10 Å². The number of benzene rings is 1. The van der Waals surface area contributed by atoms with Gasteiger partial charge in [0.1, 0.15) is 0 Å². The summed E-state index contributed by atoms with van der Waals surface area (Å²) in [5.41, 5.74) is 2.24. The van der Waals surface area contributed by atoms with E-state index in [9.17, 15) is 0 Å². The van der Waals surface area contributed by atoms with Crippen molar-refractivity contribution < 1.29 is 9.47 Å². The first-order valence-corrected chi connectivity index (χ1v) is 6.92. The maximum absolute atomic E-state index is 5.35. The Hall–Kier alpha value is -1.43. The van der Waals surface area contributed by atoms with Crippen LogP contribution in [0.4, 0.5) is 0 Å². The highest BCUT2D eigenvalue weighted by atomic mass is 16.7. The minimum atomic E-state index is -0.287. The number of aromatic nitrogens is 2. The Morgan fingerprint density at radius 2 is 1.95 bits per heavy atom. The summed E-state index contributed by atoms with van der Waals surface area (Å²) in [5.74, 6) is 0. The molecule has 2 aromatic rings. The second-order valence-electron chi connectivity index (χ2n) is 4.72. The van der Waals surface area contributed by atoms with Gasteiger partial charge < -0.3 is 14.8 Å². The number of methoxy groups -OCH3 is 2. The second kappa shape index (κ2) is 6.83. The average molecular weight is 277 g/mol. The van der Waals surface area contributed by atoms with E-state index in [1.165, 1.54) is 10.9 Å². The molecule has 0 aliphatic carbocycles. The molecule has 20 heavy (non-hydrogen) atoms. The quantitative estimate of drug-likeness (QED) is 0.784. The smallest absolute Gasteiger partial charge is 0.172 e. The van der Waals surface area contributed by atoms with Crippen LogP contribution in [-0.2, 0) is 22.4 Å². The monoisotopic (exact) mass is 277 g/mol. The fraction of sp³-hybridized carbons (Fsp3) is 0.533. The van der Waals surface area contributed by atoms with Gasteiger partial charge in [0.2, 0.25) is 0 Å². The highest BCUT2D eigenvalue weighted by Gasteiger charge is 2.22. The normalized spacial score (nSPS) is 13.2. The topological polar surface area (TPSA) is 48.3 Å². The Morgan fingerprint density at radius 1 is 1.25 bits per heavy atom. The number of para-hydroxylation sites is 1. The zero-order valence-electron chi connectivity index (χ0n) is 12.6. The molecule has 1 heterocycles. The van der Waals surface area contributed by atoms with Crippen LogP contribution in [0.15, 0.2) is 24.3 Å². The molecule has 1 N–H and O–H groups in total. The van der Waals surface area contributed by atoms with Crippen LogP contribution in [0.25, 0.3) is 10.9 Å². The molecule has 0 fully saturated rings. The van der Waals surface area contributed by atoms with Crippen LogP contribution in [0.5, 0.6) is 0 Å². The van der Waals surface area contributed by atoms with Crippen molar-refractivity contribution in [3.05, 3.63) is 30.0 Å². The van der Waals surface area contributed by atoms with Crippen molar-refractivity contribution in [2.24, 2.45) is 0 Å². The number of fused-ring (bicyclic) bond motifs is 1. The lowest BCUT2D eigenvalue weighted by atomic mass is 10.1. The first-order chi connectivity index (χ1) is 9.74. The molecule has 2 rings (SSSR count). The molecular formula is C15H23N3O2. The molecule has 0 bridgehead atoms. The molecule has 110 valence electrons. The van der Waals surface area contributed by atoms with Crippen molar-refractivity contribution in [1.29, 1.82) is 0 Å². The molecule has 0 aliphatic rings. The molecule has 1 unspecified atom stereocenters. The van der Waals surface area contributed by atoms with Crippen molar-refractivity contribution in [1.82, 2.24) is 15.1 Å². The summed E-state index contributed by atoms with van der Waals surface area (Å²) in [6.07, 6.45) is 0.474. The third kappa shape index (κ3) is 2.85. The number of nitrogens with one attached hydrogen (secondary N) is 1. The van der Waals surface area contributed by atoms with E-state index in [1.54, 1.807) is 14.2 Å². The van der Waals surface area contributed by atoms with Crippen molar-refractivity contribution >= 4 is 10.9 Å². The summed E-state index contributed by atoms with van der Waals surface area (Å²) in [5, 5.41) is 9.15. The zero-order valence-corrected chi connectivity index (χ0v) is 12.6. The fourth-order valence-electron chi connectivity index (χ4n) is 2.56. The number of aryl methyl sites for hydroxylation is 1. The molecule has 0 aliphatic heterocycles. The van der Waals surface area contributed by atoms with Crippen LogP contribution < -0.4 is 5.32 Å². The summed E-state index contributed by atoms with van der Waals surface area (Å²) in [6, 6.07) is 8.38. The Morgan fingerprint density at radius 3 is 2.55 bits per heavy atom. The average Bonchev–Trinajstić information content (AvgIpc) is 2.85. The van der Waals surface area contributed by atoms with Gasteiger partial charge in [-0.1, -0.05) is 18.2 Å².